The van der Waals surface area contributed by atoms with Crippen molar-refractivity contribution in [3.8, 4) is 0 Å². The van der Waals surface area contributed by atoms with Gasteiger partial charge in [-0.05, 0) is 23.3 Å². The summed E-state index contributed by atoms with van der Waals surface area (Å²) in [5, 5.41) is 0. The Balaban J connectivity index is 1.56. The first-order chi connectivity index (χ1) is 11.6. The smallest absolute Gasteiger partial charge is 0.223 e. The monoisotopic (exact) mass is 320 g/mol. The van der Waals surface area contributed by atoms with Gasteiger partial charge in [0.2, 0.25) is 11.6 Å². The van der Waals surface area contributed by atoms with E-state index in [2.05, 4.69) is 0 Å². The van der Waals surface area contributed by atoms with E-state index < -0.39 is 0 Å². The van der Waals surface area contributed by atoms with Gasteiger partial charge in [-0.25, -0.2) is 0 Å². The average molecular weight is 320 g/mol. The van der Waals surface area contributed by atoms with Crippen molar-refractivity contribution in [2.24, 2.45) is 0 Å². The van der Waals surface area contributed by atoms with Gasteiger partial charge in [-0.15, -0.1) is 0 Å². The third-order valence-electron chi connectivity index (χ3n) is 5.35. The fraction of sp³-hybridized carbons (Fsp3) is 0.300. The minimum absolute atomic E-state index is 0.279. The summed E-state index contributed by atoms with van der Waals surface area (Å²) in [5.74, 6) is -0.559. The summed E-state index contributed by atoms with van der Waals surface area (Å²) in [6, 6.07) is 15.2. The number of fused-ring (bicyclic) bond motifs is 2. The Labute approximate surface area is 141 Å². The number of ketones is 2. The second-order valence-corrected chi connectivity index (χ2v) is 6.65. The van der Waals surface area contributed by atoms with Crippen LogP contribution in [0.5, 0.6) is 0 Å². The number of carbonyl (C=O) groups is 2. The quantitative estimate of drug-likeness (QED) is 0.813. The molecular formula is C20H20N2O2. The normalized spacial score (nSPS) is 21.6. The van der Waals surface area contributed by atoms with Crippen LogP contribution in [0.4, 0.5) is 11.4 Å². The summed E-state index contributed by atoms with van der Waals surface area (Å²) in [5.41, 5.74) is 4.36. The summed E-state index contributed by atoms with van der Waals surface area (Å²) in [4.78, 5) is 29.7. The van der Waals surface area contributed by atoms with Crippen LogP contribution in [0.2, 0.25) is 0 Å². The van der Waals surface area contributed by atoms with Crippen molar-refractivity contribution in [3.63, 3.8) is 0 Å². The molecule has 0 fully saturated rings. The van der Waals surface area contributed by atoms with Crippen LogP contribution in [0.1, 0.15) is 11.1 Å². The van der Waals surface area contributed by atoms with Gasteiger partial charge in [-0.1, -0.05) is 36.4 Å². The van der Waals surface area contributed by atoms with Crippen molar-refractivity contribution in [3.05, 3.63) is 59.7 Å². The summed E-state index contributed by atoms with van der Waals surface area (Å²) in [6.07, 6.45) is 1.22. The number of anilines is 2. The van der Waals surface area contributed by atoms with Gasteiger partial charge in [0, 0.05) is 38.3 Å². The Kier molecular flexibility index (Phi) is 3.41. The Hall–Kier alpha value is -2.62. The first-order valence-electron chi connectivity index (χ1n) is 8.27. The number of nitrogens with zero attached hydrogens (tertiary/aromatic N) is 2. The maximum Gasteiger partial charge on any atom is 0.223 e. The molecule has 2 atom stereocenters. The molecule has 0 amide bonds. The molecule has 2 aromatic carbocycles. The molecule has 0 N–H and O–H groups in total. The van der Waals surface area contributed by atoms with Crippen molar-refractivity contribution in [1.82, 2.24) is 0 Å². The zero-order valence-corrected chi connectivity index (χ0v) is 13.9. The van der Waals surface area contributed by atoms with Crippen LogP contribution in [0.3, 0.4) is 0 Å². The van der Waals surface area contributed by atoms with Crippen molar-refractivity contribution < 1.29 is 9.59 Å². The zero-order chi connectivity index (χ0) is 16.8. The summed E-state index contributed by atoms with van der Waals surface area (Å²) in [7, 11) is 3.80. The van der Waals surface area contributed by atoms with E-state index in [9.17, 15) is 9.59 Å². The first kappa shape index (κ1) is 14.9. The lowest BCUT2D eigenvalue weighted by Gasteiger charge is -2.25. The summed E-state index contributed by atoms with van der Waals surface area (Å²) < 4.78 is 0. The predicted octanol–water partition coefficient (Wildman–Crippen LogP) is 2.25. The Morgan fingerprint density at radius 1 is 0.750 bits per heavy atom. The molecule has 0 aliphatic carbocycles. The van der Waals surface area contributed by atoms with E-state index in [1.165, 1.54) is 0 Å². The molecule has 2 aliphatic rings. The predicted molar refractivity (Wildman–Crippen MR) is 94.7 cm³/mol. The number of benzene rings is 2. The molecule has 0 spiro atoms. The first-order valence-corrected chi connectivity index (χ1v) is 8.27. The van der Waals surface area contributed by atoms with E-state index >= 15 is 0 Å². The molecule has 4 rings (SSSR count). The van der Waals surface area contributed by atoms with Gasteiger partial charge >= 0.3 is 0 Å². The molecular weight excluding hydrogens is 300 g/mol. The molecule has 122 valence electrons. The molecule has 0 bridgehead atoms. The SMILES string of the molecule is CN1c2ccccc2CC1C(=O)C(=O)C1Cc2ccccc2N1C. The van der Waals surface area contributed by atoms with Gasteiger partial charge in [-0.3, -0.25) is 9.59 Å². The fourth-order valence-corrected chi connectivity index (χ4v) is 3.95. The van der Waals surface area contributed by atoms with Gasteiger partial charge in [0.05, 0.1) is 12.1 Å². The lowest BCUT2D eigenvalue weighted by Crippen LogP contribution is -2.47. The van der Waals surface area contributed by atoms with Gasteiger partial charge in [-0.2, -0.15) is 0 Å². The van der Waals surface area contributed by atoms with Crippen LogP contribution in [0, 0.1) is 0 Å². The largest absolute Gasteiger partial charge is 0.363 e. The molecule has 2 aromatic rings. The van der Waals surface area contributed by atoms with Gasteiger partial charge < -0.3 is 9.80 Å². The molecule has 0 saturated heterocycles. The van der Waals surface area contributed by atoms with Crippen LogP contribution in [-0.4, -0.2) is 37.7 Å². The van der Waals surface area contributed by atoms with E-state index in [4.69, 9.17) is 0 Å². The molecule has 4 nitrogen and oxygen atoms in total. The second kappa shape index (κ2) is 5.48. The van der Waals surface area contributed by atoms with Crippen molar-refractivity contribution in [2.75, 3.05) is 23.9 Å². The number of para-hydroxylation sites is 2. The van der Waals surface area contributed by atoms with E-state index in [0.717, 1.165) is 22.5 Å². The topological polar surface area (TPSA) is 40.6 Å². The number of likely N-dealkylation sites (N-methyl/N-ethyl adjacent to an activating group) is 2. The molecule has 2 aliphatic heterocycles. The van der Waals surface area contributed by atoms with Crippen LogP contribution < -0.4 is 9.80 Å². The van der Waals surface area contributed by atoms with E-state index in [-0.39, 0.29) is 23.7 Å². The number of rotatable bonds is 3. The lowest BCUT2D eigenvalue weighted by molar-refractivity contribution is -0.137. The molecule has 0 radical (unpaired) electrons. The van der Waals surface area contributed by atoms with Gasteiger partial charge in [0.25, 0.3) is 0 Å². The van der Waals surface area contributed by atoms with Crippen LogP contribution >= 0.6 is 0 Å². The maximum absolute atomic E-state index is 12.9. The molecule has 24 heavy (non-hydrogen) atoms. The van der Waals surface area contributed by atoms with Crippen molar-refractivity contribution >= 4 is 22.9 Å². The highest BCUT2D eigenvalue weighted by Crippen LogP contribution is 2.34. The summed E-state index contributed by atoms with van der Waals surface area (Å²) >= 11 is 0. The Morgan fingerprint density at radius 2 is 1.12 bits per heavy atom. The number of hydrogen-bond donors (Lipinski definition) is 0. The van der Waals surface area contributed by atoms with Crippen LogP contribution in [0.15, 0.2) is 48.5 Å². The lowest BCUT2D eigenvalue weighted by atomic mass is 9.97. The highest BCUT2D eigenvalue weighted by molar-refractivity contribution is 6.42. The Morgan fingerprint density at radius 3 is 1.50 bits per heavy atom. The number of hydrogen-bond acceptors (Lipinski definition) is 4. The standard InChI is InChI=1S/C20H20N2O2/c1-21-15-9-5-3-7-13(15)11-17(21)19(23)20(24)18-12-14-8-4-6-10-16(14)22(18)2/h3-10,17-18H,11-12H2,1-2H3. The minimum Gasteiger partial charge on any atom is -0.363 e. The van der Waals surface area contributed by atoms with E-state index in [1.807, 2.05) is 72.4 Å². The van der Waals surface area contributed by atoms with Crippen LogP contribution in [0.25, 0.3) is 0 Å². The fourth-order valence-electron chi connectivity index (χ4n) is 3.95. The average Bonchev–Trinajstić information content (AvgIpc) is 3.12. The molecule has 2 unspecified atom stereocenters. The van der Waals surface area contributed by atoms with Gasteiger partial charge in [0.15, 0.2) is 0 Å². The molecule has 0 aromatic heterocycles. The van der Waals surface area contributed by atoms with Crippen molar-refractivity contribution in [1.29, 1.82) is 0 Å². The number of Topliss-reactive ketones (excluding diaryl/α,β-unsaturated/α-hetero) is 2. The highest BCUT2D eigenvalue weighted by Gasteiger charge is 2.41. The Bertz CT molecular complexity index is 760. The van der Waals surface area contributed by atoms with Crippen molar-refractivity contribution in [2.45, 2.75) is 24.9 Å². The highest BCUT2D eigenvalue weighted by atomic mass is 16.2. The van der Waals surface area contributed by atoms with Gasteiger partial charge in [0.1, 0.15) is 0 Å². The molecule has 4 heteroatoms. The second-order valence-electron chi connectivity index (χ2n) is 6.65. The third kappa shape index (κ3) is 2.13. The zero-order valence-electron chi connectivity index (χ0n) is 13.9. The van der Waals surface area contributed by atoms with Crippen LogP contribution in [-0.2, 0) is 22.4 Å². The maximum atomic E-state index is 12.9. The number of carbonyl (C=O) groups excluding carboxylic acids is 2. The summed E-state index contributed by atoms with van der Waals surface area (Å²) in [6.45, 7) is 0. The van der Waals surface area contributed by atoms with E-state index in [0.29, 0.717) is 12.8 Å². The minimum atomic E-state index is -0.382. The molecule has 2 heterocycles. The molecule has 0 saturated carbocycles. The van der Waals surface area contributed by atoms with E-state index in [1.54, 1.807) is 0 Å². The third-order valence-corrected chi connectivity index (χ3v) is 5.35.